The third-order valence-electron chi connectivity index (χ3n) is 4.34. The van der Waals surface area contributed by atoms with Gasteiger partial charge in [-0.15, -0.1) is 0 Å². The first-order valence-corrected chi connectivity index (χ1v) is 8.31. The summed E-state index contributed by atoms with van der Waals surface area (Å²) in [6, 6.07) is 8.69. The lowest BCUT2D eigenvalue weighted by Crippen LogP contribution is -2.48. The van der Waals surface area contributed by atoms with Crippen LogP contribution in [0, 0.1) is 5.41 Å². The first-order chi connectivity index (χ1) is 11.5. The van der Waals surface area contributed by atoms with E-state index in [0.29, 0.717) is 19.3 Å². The minimum Gasteiger partial charge on any atom is -0.481 e. The molecule has 0 heterocycles. The Kier molecular flexibility index (Phi) is 5.95. The fourth-order valence-corrected chi connectivity index (χ4v) is 2.58. The molecule has 1 atom stereocenters. The SMILES string of the molecule is CCCC(NC(=O)Cc1ccccc1)C(=O)NCC1(C(=O)O)CC1. The van der Waals surface area contributed by atoms with E-state index in [9.17, 15) is 14.4 Å². The second-order valence-electron chi connectivity index (χ2n) is 6.37. The van der Waals surface area contributed by atoms with Crippen LogP contribution in [-0.4, -0.2) is 35.5 Å². The monoisotopic (exact) mass is 332 g/mol. The van der Waals surface area contributed by atoms with Crippen LogP contribution in [0.2, 0.25) is 0 Å². The van der Waals surface area contributed by atoms with Crippen LogP contribution in [0.1, 0.15) is 38.2 Å². The summed E-state index contributed by atoms with van der Waals surface area (Å²) < 4.78 is 0. The average Bonchev–Trinajstić information content (AvgIpc) is 3.34. The Bertz CT molecular complexity index is 596. The maximum atomic E-state index is 12.3. The van der Waals surface area contributed by atoms with Gasteiger partial charge in [0.2, 0.25) is 11.8 Å². The topological polar surface area (TPSA) is 95.5 Å². The van der Waals surface area contributed by atoms with Crippen molar-refractivity contribution in [3.05, 3.63) is 35.9 Å². The number of carbonyl (C=O) groups is 3. The summed E-state index contributed by atoms with van der Waals surface area (Å²) in [6.45, 7) is 2.05. The largest absolute Gasteiger partial charge is 0.481 e. The van der Waals surface area contributed by atoms with Crippen LogP contribution in [0.25, 0.3) is 0 Å². The van der Waals surface area contributed by atoms with Crippen LogP contribution < -0.4 is 10.6 Å². The molecule has 24 heavy (non-hydrogen) atoms. The normalized spacial score (nSPS) is 16.0. The first kappa shape index (κ1) is 18.0. The molecule has 3 N–H and O–H groups in total. The molecule has 1 saturated carbocycles. The van der Waals surface area contributed by atoms with E-state index in [2.05, 4.69) is 10.6 Å². The molecule has 1 aromatic rings. The van der Waals surface area contributed by atoms with Gasteiger partial charge in [-0.3, -0.25) is 14.4 Å². The third kappa shape index (κ3) is 4.81. The molecule has 1 unspecified atom stereocenters. The van der Waals surface area contributed by atoms with Gasteiger partial charge in [0.15, 0.2) is 0 Å². The predicted molar refractivity (Wildman–Crippen MR) is 89.3 cm³/mol. The summed E-state index contributed by atoms with van der Waals surface area (Å²) in [5, 5.41) is 14.6. The molecule has 6 heteroatoms. The lowest BCUT2D eigenvalue weighted by atomic mass is 10.1. The van der Waals surface area contributed by atoms with Gasteiger partial charge >= 0.3 is 5.97 Å². The quantitative estimate of drug-likeness (QED) is 0.638. The maximum Gasteiger partial charge on any atom is 0.311 e. The van der Waals surface area contributed by atoms with E-state index >= 15 is 0 Å². The lowest BCUT2D eigenvalue weighted by molar-refractivity contribution is -0.143. The Morgan fingerprint density at radius 3 is 2.42 bits per heavy atom. The van der Waals surface area contributed by atoms with E-state index in [1.807, 2.05) is 37.3 Å². The van der Waals surface area contributed by atoms with Crippen molar-refractivity contribution >= 4 is 17.8 Å². The number of aliphatic carboxylic acids is 1. The molecular weight excluding hydrogens is 308 g/mol. The second kappa shape index (κ2) is 7.95. The minimum atomic E-state index is -0.872. The molecule has 1 aliphatic carbocycles. The summed E-state index contributed by atoms with van der Waals surface area (Å²) in [5.41, 5.74) is 0.0778. The van der Waals surface area contributed by atoms with Crippen molar-refractivity contribution in [3.8, 4) is 0 Å². The van der Waals surface area contributed by atoms with Crippen LogP contribution in [0.5, 0.6) is 0 Å². The number of rotatable bonds is 9. The average molecular weight is 332 g/mol. The number of benzene rings is 1. The molecule has 0 spiro atoms. The van der Waals surface area contributed by atoms with Crippen molar-refractivity contribution in [3.63, 3.8) is 0 Å². The summed E-state index contributed by atoms with van der Waals surface area (Å²) in [4.78, 5) is 35.6. The van der Waals surface area contributed by atoms with Gasteiger partial charge in [0.05, 0.1) is 11.8 Å². The molecule has 0 saturated heterocycles. The number of amides is 2. The smallest absolute Gasteiger partial charge is 0.311 e. The maximum absolute atomic E-state index is 12.3. The molecular formula is C18H24N2O4. The highest BCUT2D eigenvalue weighted by Crippen LogP contribution is 2.45. The van der Waals surface area contributed by atoms with Crippen LogP contribution in [0.15, 0.2) is 30.3 Å². The Balaban J connectivity index is 1.87. The molecule has 6 nitrogen and oxygen atoms in total. The lowest BCUT2D eigenvalue weighted by Gasteiger charge is -2.19. The fraction of sp³-hybridized carbons (Fsp3) is 0.500. The predicted octanol–water partition coefficient (Wildman–Crippen LogP) is 1.49. The molecule has 0 aromatic heterocycles. The standard InChI is InChI=1S/C18H24N2O4/c1-2-6-14(16(22)19-12-18(9-10-18)17(23)24)20-15(21)11-13-7-4-3-5-8-13/h3-5,7-8,14H,2,6,9-12H2,1H3,(H,19,22)(H,20,21)(H,23,24). The molecule has 0 bridgehead atoms. The number of carboxylic acid groups (broad SMARTS) is 1. The zero-order chi connectivity index (χ0) is 17.6. The van der Waals surface area contributed by atoms with Crippen molar-refractivity contribution < 1.29 is 19.5 Å². The van der Waals surface area contributed by atoms with Gasteiger partial charge in [0.25, 0.3) is 0 Å². The van der Waals surface area contributed by atoms with Crippen LogP contribution in [-0.2, 0) is 20.8 Å². The fourth-order valence-electron chi connectivity index (χ4n) is 2.58. The van der Waals surface area contributed by atoms with Crippen molar-refractivity contribution in [2.75, 3.05) is 6.54 Å². The van der Waals surface area contributed by atoms with Crippen molar-refractivity contribution in [2.24, 2.45) is 5.41 Å². The molecule has 1 fully saturated rings. The number of carboxylic acids is 1. The van der Waals surface area contributed by atoms with Gasteiger partial charge in [-0.25, -0.2) is 0 Å². The highest BCUT2D eigenvalue weighted by molar-refractivity contribution is 5.89. The number of hydrogen-bond donors (Lipinski definition) is 3. The molecule has 1 aromatic carbocycles. The minimum absolute atomic E-state index is 0.121. The van der Waals surface area contributed by atoms with Crippen molar-refractivity contribution in [1.29, 1.82) is 0 Å². The Hall–Kier alpha value is -2.37. The van der Waals surface area contributed by atoms with E-state index in [1.54, 1.807) is 0 Å². The van der Waals surface area contributed by atoms with E-state index in [-0.39, 0.29) is 24.8 Å². The molecule has 130 valence electrons. The highest BCUT2D eigenvalue weighted by atomic mass is 16.4. The molecule has 0 radical (unpaired) electrons. The van der Waals surface area contributed by atoms with Crippen LogP contribution in [0.4, 0.5) is 0 Å². The van der Waals surface area contributed by atoms with Crippen molar-refractivity contribution in [1.82, 2.24) is 10.6 Å². The van der Waals surface area contributed by atoms with Gasteiger partial charge in [0, 0.05) is 6.54 Å². The van der Waals surface area contributed by atoms with Gasteiger partial charge < -0.3 is 15.7 Å². The van der Waals surface area contributed by atoms with Gasteiger partial charge in [-0.05, 0) is 24.8 Å². The zero-order valence-corrected chi connectivity index (χ0v) is 13.9. The summed E-state index contributed by atoms with van der Waals surface area (Å²) in [5.74, 6) is -1.40. The highest BCUT2D eigenvalue weighted by Gasteiger charge is 2.50. The summed E-state index contributed by atoms with van der Waals surface area (Å²) in [7, 11) is 0. The number of nitrogens with one attached hydrogen (secondary N) is 2. The first-order valence-electron chi connectivity index (χ1n) is 8.31. The van der Waals surface area contributed by atoms with Crippen molar-refractivity contribution in [2.45, 2.75) is 45.1 Å². The second-order valence-corrected chi connectivity index (χ2v) is 6.37. The Morgan fingerprint density at radius 1 is 1.21 bits per heavy atom. The third-order valence-corrected chi connectivity index (χ3v) is 4.34. The van der Waals surface area contributed by atoms with Crippen LogP contribution in [0.3, 0.4) is 0 Å². The van der Waals surface area contributed by atoms with Gasteiger partial charge in [-0.2, -0.15) is 0 Å². The summed E-state index contributed by atoms with van der Waals surface area (Å²) >= 11 is 0. The Morgan fingerprint density at radius 2 is 1.88 bits per heavy atom. The molecule has 0 aliphatic heterocycles. The molecule has 2 amide bonds. The Labute approximate surface area is 141 Å². The number of carbonyl (C=O) groups excluding carboxylic acids is 2. The van der Waals surface area contributed by atoms with Gasteiger partial charge in [0.1, 0.15) is 6.04 Å². The van der Waals surface area contributed by atoms with E-state index < -0.39 is 17.4 Å². The van der Waals surface area contributed by atoms with E-state index in [1.165, 1.54) is 0 Å². The van der Waals surface area contributed by atoms with E-state index in [4.69, 9.17) is 5.11 Å². The van der Waals surface area contributed by atoms with Gasteiger partial charge in [-0.1, -0.05) is 43.7 Å². The molecule has 2 rings (SSSR count). The zero-order valence-electron chi connectivity index (χ0n) is 13.9. The van der Waals surface area contributed by atoms with Crippen LogP contribution >= 0.6 is 0 Å². The number of hydrogen-bond acceptors (Lipinski definition) is 3. The summed E-state index contributed by atoms with van der Waals surface area (Å²) in [6.07, 6.45) is 2.65. The van der Waals surface area contributed by atoms with E-state index in [0.717, 1.165) is 12.0 Å². The molecule has 1 aliphatic rings.